The van der Waals surface area contributed by atoms with E-state index in [-0.39, 0.29) is 29.6 Å². The summed E-state index contributed by atoms with van der Waals surface area (Å²) in [6, 6.07) is 26.9. The molecule has 0 spiro atoms. The van der Waals surface area contributed by atoms with Crippen molar-refractivity contribution in [2.75, 3.05) is 12.3 Å². The van der Waals surface area contributed by atoms with Crippen molar-refractivity contribution in [1.82, 2.24) is 30.7 Å². The number of nitrogens with one attached hydrogen (secondary N) is 1. The number of nitrogen functional groups attached to an aromatic ring is 1. The van der Waals surface area contributed by atoms with Gasteiger partial charge in [0, 0.05) is 0 Å². The van der Waals surface area contributed by atoms with Crippen LogP contribution in [0.15, 0.2) is 99.1 Å². The lowest BCUT2D eigenvalue weighted by atomic mass is 10.1. The fourth-order valence-corrected chi connectivity index (χ4v) is 5.21. The Hall–Kier alpha value is -5.76. The van der Waals surface area contributed by atoms with Gasteiger partial charge >= 0.3 is 0 Å². The van der Waals surface area contributed by atoms with E-state index in [1.807, 2.05) is 55.5 Å². The van der Waals surface area contributed by atoms with Gasteiger partial charge in [0.1, 0.15) is 24.7 Å². The quantitative estimate of drug-likeness (QED) is 0.125. The molecule has 13 nitrogen and oxygen atoms in total. The van der Waals surface area contributed by atoms with E-state index in [9.17, 15) is 4.79 Å². The lowest BCUT2D eigenvalue weighted by Gasteiger charge is -2.15. The molecule has 0 atom stereocenters. The first-order valence-electron chi connectivity index (χ1n) is 14.1. The monoisotopic (exact) mass is 682 g/mol. The molecule has 2 heterocycles. The van der Waals surface area contributed by atoms with Crippen LogP contribution < -0.4 is 25.4 Å². The molecule has 2 aromatic heterocycles. The summed E-state index contributed by atoms with van der Waals surface area (Å²) in [6.45, 7) is 2.57. The van der Waals surface area contributed by atoms with Crippen LogP contribution in [-0.2, 0) is 13.2 Å². The van der Waals surface area contributed by atoms with Crippen LogP contribution >= 0.6 is 15.9 Å². The SMILES string of the molecule is CCOc1cc(/C=N\NC(=O)c2nnn(-c3nonc3N)c2COc2ccccc2)cc(Br)c1OCc1cccc2ccccc12. The molecule has 6 aromatic rings. The molecule has 0 bridgehead atoms. The van der Waals surface area contributed by atoms with Gasteiger partial charge in [0.25, 0.3) is 5.91 Å². The molecule has 0 saturated carbocycles. The van der Waals surface area contributed by atoms with E-state index in [1.165, 1.54) is 10.9 Å². The smallest absolute Gasteiger partial charge is 0.293 e. The number of aromatic nitrogens is 5. The molecule has 6 rings (SSSR count). The molecule has 232 valence electrons. The van der Waals surface area contributed by atoms with Crippen LogP contribution in [0.25, 0.3) is 16.6 Å². The van der Waals surface area contributed by atoms with E-state index in [1.54, 1.807) is 18.2 Å². The zero-order valence-electron chi connectivity index (χ0n) is 24.5. The van der Waals surface area contributed by atoms with Crippen molar-refractivity contribution in [3.63, 3.8) is 0 Å². The van der Waals surface area contributed by atoms with Crippen molar-refractivity contribution in [3.8, 4) is 23.1 Å². The number of rotatable bonds is 12. The lowest BCUT2D eigenvalue weighted by Crippen LogP contribution is -2.21. The molecule has 0 aliphatic heterocycles. The van der Waals surface area contributed by atoms with Crippen LogP contribution in [0.3, 0.4) is 0 Å². The number of amides is 1. The van der Waals surface area contributed by atoms with E-state index in [2.05, 4.69) is 65.3 Å². The van der Waals surface area contributed by atoms with Crippen molar-refractivity contribution in [2.45, 2.75) is 20.1 Å². The molecule has 46 heavy (non-hydrogen) atoms. The molecule has 4 aromatic carbocycles. The van der Waals surface area contributed by atoms with Crippen molar-refractivity contribution >= 4 is 44.6 Å². The highest BCUT2D eigenvalue weighted by atomic mass is 79.9. The van der Waals surface area contributed by atoms with Gasteiger partial charge in [-0.15, -0.1) is 5.10 Å². The highest BCUT2D eigenvalue weighted by Crippen LogP contribution is 2.37. The number of fused-ring (bicyclic) bond motifs is 1. The van der Waals surface area contributed by atoms with Gasteiger partial charge in [-0.2, -0.15) is 9.78 Å². The Morgan fingerprint density at radius 2 is 1.80 bits per heavy atom. The van der Waals surface area contributed by atoms with Crippen molar-refractivity contribution in [3.05, 3.63) is 112 Å². The zero-order valence-corrected chi connectivity index (χ0v) is 26.0. The molecule has 0 aliphatic rings. The summed E-state index contributed by atoms with van der Waals surface area (Å²) >= 11 is 3.60. The van der Waals surface area contributed by atoms with E-state index >= 15 is 0 Å². The second-order valence-electron chi connectivity index (χ2n) is 9.76. The van der Waals surface area contributed by atoms with Gasteiger partial charge in [-0.25, -0.2) is 10.1 Å². The molecule has 1 amide bonds. The normalized spacial score (nSPS) is 11.2. The molecule has 3 N–H and O–H groups in total. The second kappa shape index (κ2) is 13.9. The minimum absolute atomic E-state index is 0.0314. The molecule has 0 radical (unpaired) electrons. The molecule has 0 saturated heterocycles. The predicted molar refractivity (Wildman–Crippen MR) is 173 cm³/mol. The topological polar surface area (TPSA) is 165 Å². The summed E-state index contributed by atoms with van der Waals surface area (Å²) in [4.78, 5) is 13.2. The number of carbonyl (C=O) groups is 1. The Bertz CT molecular complexity index is 2010. The predicted octanol–water partition coefficient (Wildman–Crippen LogP) is 5.47. The number of benzene rings is 4. The van der Waals surface area contributed by atoms with Crippen molar-refractivity contribution in [2.24, 2.45) is 5.10 Å². The Morgan fingerprint density at radius 3 is 2.61 bits per heavy atom. The number of nitrogens with zero attached hydrogens (tertiary/aromatic N) is 6. The highest BCUT2D eigenvalue weighted by molar-refractivity contribution is 9.10. The highest BCUT2D eigenvalue weighted by Gasteiger charge is 2.24. The van der Waals surface area contributed by atoms with Crippen molar-refractivity contribution < 1.29 is 23.6 Å². The third kappa shape index (κ3) is 6.66. The Kier molecular flexibility index (Phi) is 9.15. The number of hydrazone groups is 1. The van der Waals surface area contributed by atoms with Crippen LogP contribution in [0.5, 0.6) is 17.2 Å². The maximum absolute atomic E-state index is 13.2. The number of halogens is 1. The van der Waals surface area contributed by atoms with E-state index in [0.717, 1.165) is 16.3 Å². The number of hydrogen-bond acceptors (Lipinski definition) is 11. The van der Waals surface area contributed by atoms with Gasteiger partial charge in [-0.05, 0) is 79.3 Å². The van der Waals surface area contributed by atoms with Gasteiger partial charge in [-0.1, -0.05) is 65.9 Å². The molecule has 0 aliphatic carbocycles. The standard InChI is InChI=1S/C32H27BrN8O5/c1-2-43-27-16-20(15-25(33)29(27)45-18-22-11-8-10-21-9-6-7-14-24(21)22)17-35-37-32(42)28-26(19-44-23-12-4-3-5-13-23)41(40-36-28)31-30(34)38-46-39-31/h3-17H,2,18-19H2,1H3,(H2,34,38)(H,37,42)/b35-17-. The first kappa shape index (κ1) is 30.3. The number of anilines is 1. The fourth-order valence-electron chi connectivity index (χ4n) is 4.64. The maximum atomic E-state index is 13.2. The van der Waals surface area contributed by atoms with Crippen LogP contribution in [0, 0.1) is 0 Å². The van der Waals surface area contributed by atoms with Gasteiger partial charge in [0.2, 0.25) is 11.6 Å². The summed E-state index contributed by atoms with van der Waals surface area (Å²) in [7, 11) is 0. The Morgan fingerprint density at radius 1 is 1.00 bits per heavy atom. The van der Waals surface area contributed by atoms with E-state index in [0.29, 0.717) is 40.5 Å². The molecule has 14 heteroatoms. The molecular weight excluding hydrogens is 656 g/mol. The largest absolute Gasteiger partial charge is 0.490 e. The lowest BCUT2D eigenvalue weighted by molar-refractivity contribution is 0.0947. The number of hydrogen-bond donors (Lipinski definition) is 2. The van der Waals surface area contributed by atoms with Crippen LogP contribution in [0.2, 0.25) is 0 Å². The first-order valence-corrected chi connectivity index (χ1v) is 14.9. The summed E-state index contributed by atoms with van der Waals surface area (Å²) < 4.78 is 24.6. The first-order chi connectivity index (χ1) is 22.5. The van der Waals surface area contributed by atoms with Gasteiger partial charge < -0.3 is 19.9 Å². The van der Waals surface area contributed by atoms with E-state index < -0.39 is 5.91 Å². The zero-order chi connectivity index (χ0) is 31.9. The second-order valence-corrected chi connectivity index (χ2v) is 10.6. The van der Waals surface area contributed by atoms with Crippen LogP contribution in [0.1, 0.15) is 34.2 Å². The van der Waals surface area contributed by atoms with Gasteiger partial charge in [0.15, 0.2) is 17.2 Å². The Labute approximate surface area is 271 Å². The van der Waals surface area contributed by atoms with Crippen molar-refractivity contribution in [1.29, 1.82) is 0 Å². The average Bonchev–Trinajstić information content (AvgIpc) is 3.69. The number of para-hydroxylation sites is 1. The van der Waals surface area contributed by atoms with Crippen LogP contribution in [-0.4, -0.2) is 44.0 Å². The van der Waals surface area contributed by atoms with Gasteiger partial charge in [0.05, 0.1) is 17.3 Å². The fraction of sp³-hybridized carbons (Fsp3) is 0.125. The number of nitrogens with two attached hydrogens (primary N) is 1. The van der Waals surface area contributed by atoms with E-state index in [4.69, 9.17) is 24.6 Å². The number of ether oxygens (including phenoxy) is 3. The maximum Gasteiger partial charge on any atom is 0.293 e. The molecule has 0 unspecified atom stereocenters. The Balaban J connectivity index is 1.19. The molecule has 0 fully saturated rings. The number of carbonyl (C=O) groups excluding carboxylic acids is 1. The summed E-state index contributed by atoms with van der Waals surface area (Å²) in [5.41, 5.74) is 10.3. The van der Waals surface area contributed by atoms with Crippen LogP contribution in [0.4, 0.5) is 5.82 Å². The summed E-state index contributed by atoms with van der Waals surface area (Å²) in [6.07, 6.45) is 1.48. The summed E-state index contributed by atoms with van der Waals surface area (Å²) in [5.74, 6) is 1.05. The minimum atomic E-state index is -0.636. The molecular formula is C32H27BrN8O5. The minimum Gasteiger partial charge on any atom is -0.490 e. The summed E-state index contributed by atoms with van der Waals surface area (Å²) in [5, 5.41) is 21.8. The van der Waals surface area contributed by atoms with Gasteiger partial charge in [-0.3, -0.25) is 4.79 Å². The third-order valence-corrected chi connectivity index (χ3v) is 7.35. The average molecular weight is 684 g/mol. The third-order valence-electron chi connectivity index (χ3n) is 6.76.